The van der Waals surface area contributed by atoms with E-state index in [2.05, 4.69) is 27.5 Å². The molecule has 1 amide bonds. The number of benzene rings is 1. The number of carbonyl (C=O) groups is 1. The number of nitrogens with one attached hydrogen (secondary N) is 2. The van der Waals surface area contributed by atoms with Crippen LogP contribution >= 0.6 is 0 Å². The van der Waals surface area contributed by atoms with Crippen LogP contribution in [0, 0.1) is 6.92 Å². The average molecular weight is 385 g/mol. The number of aromatic nitrogens is 1. The number of hydrogen-bond acceptors (Lipinski definition) is 5. The summed E-state index contributed by atoms with van der Waals surface area (Å²) in [6.45, 7) is 3.83. The third kappa shape index (κ3) is 5.03. The number of aliphatic imine (C=N–C) groups is 1. The van der Waals surface area contributed by atoms with Crippen molar-refractivity contribution in [3.8, 4) is 11.3 Å². The number of oxazole rings is 1. The fraction of sp³-hybridized carbons (Fsp3) is 0.450. The summed E-state index contributed by atoms with van der Waals surface area (Å²) >= 11 is 0. The van der Waals surface area contributed by atoms with E-state index in [9.17, 15) is 4.79 Å². The molecule has 0 radical (unpaired) electrons. The minimum Gasteiger partial charge on any atom is -0.453 e. The molecule has 1 saturated heterocycles. The highest BCUT2D eigenvalue weighted by Gasteiger charge is 2.23. The van der Waals surface area contributed by atoms with Crippen LogP contribution in [0.4, 0.5) is 4.79 Å². The molecule has 2 aromatic rings. The van der Waals surface area contributed by atoms with Gasteiger partial charge in [-0.05, 0) is 19.8 Å². The van der Waals surface area contributed by atoms with Crippen molar-refractivity contribution in [3.05, 3.63) is 41.9 Å². The van der Waals surface area contributed by atoms with Gasteiger partial charge in [0.05, 0.1) is 19.9 Å². The van der Waals surface area contributed by atoms with Crippen LogP contribution in [-0.2, 0) is 11.3 Å². The van der Waals surface area contributed by atoms with Crippen molar-refractivity contribution in [2.45, 2.75) is 32.4 Å². The van der Waals surface area contributed by atoms with Crippen LogP contribution in [0.25, 0.3) is 11.3 Å². The predicted octanol–water partition coefficient (Wildman–Crippen LogP) is 2.55. The second-order valence-electron chi connectivity index (χ2n) is 6.79. The smallest absolute Gasteiger partial charge is 0.409 e. The van der Waals surface area contributed by atoms with E-state index in [1.807, 2.05) is 24.3 Å². The first-order valence-electron chi connectivity index (χ1n) is 9.41. The third-order valence-electron chi connectivity index (χ3n) is 4.79. The number of hydrogen-bond donors (Lipinski definition) is 2. The summed E-state index contributed by atoms with van der Waals surface area (Å²) in [5.74, 6) is 2.03. The van der Waals surface area contributed by atoms with Gasteiger partial charge in [-0.25, -0.2) is 9.78 Å². The normalized spacial score (nSPS) is 15.4. The molecule has 1 fully saturated rings. The molecule has 0 aliphatic carbocycles. The molecular formula is C20H27N5O3. The number of ether oxygens (including phenoxy) is 1. The number of rotatable bonds is 4. The van der Waals surface area contributed by atoms with Crippen LogP contribution < -0.4 is 10.6 Å². The minimum atomic E-state index is -0.269. The molecule has 2 N–H and O–H groups in total. The highest BCUT2D eigenvalue weighted by atomic mass is 16.5. The topological polar surface area (TPSA) is 92.0 Å². The van der Waals surface area contributed by atoms with Crippen LogP contribution in [0.15, 0.2) is 39.9 Å². The molecule has 2 heterocycles. The summed E-state index contributed by atoms with van der Waals surface area (Å²) in [7, 11) is 3.14. The molecule has 8 nitrogen and oxygen atoms in total. The zero-order valence-corrected chi connectivity index (χ0v) is 16.6. The van der Waals surface area contributed by atoms with Gasteiger partial charge in [0.25, 0.3) is 0 Å². The number of likely N-dealkylation sites (tertiary alicyclic amines) is 1. The van der Waals surface area contributed by atoms with Crippen LogP contribution in [-0.4, -0.2) is 55.2 Å². The molecule has 1 aromatic heterocycles. The Kier molecular flexibility index (Phi) is 6.52. The average Bonchev–Trinajstić information content (AvgIpc) is 3.20. The lowest BCUT2D eigenvalue weighted by molar-refractivity contribution is 0.111. The molecule has 1 aliphatic rings. The van der Waals surface area contributed by atoms with Gasteiger partial charge >= 0.3 is 6.09 Å². The Labute approximate surface area is 165 Å². The van der Waals surface area contributed by atoms with Gasteiger partial charge in [0.1, 0.15) is 0 Å². The maximum atomic E-state index is 11.6. The fourth-order valence-corrected chi connectivity index (χ4v) is 3.13. The zero-order valence-electron chi connectivity index (χ0n) is 16.6. The number of aryl methyl sites for hydroxylation is 1. The van der Waals surface area contributed by atoms with Crippen molar-refractivity contribution in [3.63, 3.8) is 0 Å². The zero-order chi connectivity index (χ0) is 19.9. The molecule has 0 spiro atoms. The number of methoxy groups -OCH3 is 1. The van der Waals surface area contributed by atoms with Crippen molar-refractivity contribution < 1.29 is 13.9 Å². The quantitative estimate of drug-likeness (QED) is 0.621. The van der Waals surface area contributed by atoms with Crippen molar-refractivity contribution >= 4 is 12.1 Å². The third-order valence-corrected chi connectivity index (χ3v) is 4.79. The number of piperidine rings is 1. The van der Waals surface area contributed by atoms with Gasteiger partial charge in [-0.1, -0.05) is 29.8 Å². The Bertz CT molecular complexity index is 808. The second-order valence-corrected chi connectivity index (χ2v) is 6.79. The summed E-state index contributed by atoms with van der Waals surface area (Å²) in [4.78, 5) is 21.9. The Balaban J connectivity index is 1.48. The Morgan fingerprint density at radius 1 is 1.32 bits per heavy atom. The highest BCUT2D eigenvalue weighted by molar-refractivity contribution is 5.80. The van der Waals surface area contributed by atoms with Gasteiger partial charge < -0.3 is 24.7 Å². The van der Waals surface area contributed by atoms with E-state index >= 15 is 0 Å². The molecule has 150 valence electrons. The van der Waals surface area contributed by atoms with Gasteiger partial charge in [0.2, 0.25) is 5.89 Å². The van der Waals surface area contributed by atoms with Gasteiger partial charge in [-0.15, -0.1) is 0 Å². The van der Waals surface area contributed by atoms with E-state index in [0.717, 1.165) is 24.2 Å². The summed E-state index contributed by atoms with van der Waals surface area (Å²) in [6, 6.07) is 8.39. The predicted molar refractivity (Wildman–Crippen MR) is 107 cm³/mol. The SMILES string of the molecule is CN=C(NCc1ncc(-c2ccc(C)cc2)o1)NC1CCN(C(=O)OC)CC1. The number of nitrogens with zero attached hydrogens (tertiary/aromatic N) is 3. The van der Waals surface area contributed by atoms with Crippen molar-refractivity contribution in [1.82, 2.24) is 20.5 Å². The number of carbonyl (C=O) groups excluding carboxylic acids is 1. The molecule has 0 saturated carbocycles. The first-order valence-corrected chi connectivity index (χ1v) is 9.41. The second kappa shape index (κ2) is 9.25. The van der Waals surface area contributed by atoms with Gasteiger partial charge in [-0.3, -0.25) is 4.99 Å². The number of amides is 1. The molecule has 0 unspecified atom stereocenters. The van der Waals surface area contributed by atoms with E-state index < -0.39 is 0 Å². The standard InChI is InChI=1S/C20H27N5O3/c1-14-4-6-15(7-5-14)17-12-22-18(28-17)13-23-19(21-2)24-16-8-10-25(11-9-16)20(26)27-3/h4-7,12,16H,8-11,13H2,1-3H3,(H2,21,23,24). The lowest BCUT2D eigenvalue weighted by atomic mass is 10.1. The minimum absolute atomic E-state index is 0.250. The first-order chi connectivity index (χ1) is 13.6. The molecule has 1 aromatic carbocycles. The maximum Gasteiger partial charge on any atom is 0.409 e. The van der Waals surface area contributed by atoms with Crippen LogP contribution in [0.3, 0.4) is 0 Å². The Morgan fingerprint density at radius 2 is 2.04 bits per heavy atom. The van der Waals surface area contributed by atoms with Gasteiger partial charge in [0, 0.05) is 31.7 Å². The van der Waals surface area contributed by atoms with E-state index in [1.165, 1.54) is 12.7 Å². The van der Waals surface area contributed by atoms with Gasteiger partial charge in [0.15, 0.2) is 11.7 Å². The van der Waals surface area contributed by atoms with Crippen LogP contribution in [0.1, 0.15) is 24.3 Å². The number of guanidine groups is 1. The largest absolute Gasteiger partial charge is 0.453 e. The molecule has 3 rings (SSSR count). The Hall–Kier alpha value is -3.03. The molecule has 0 atom stereocenters. The Morgan fingerprint density at radius 3 is 2.68 bits per heavy atom. The molecule has 1 aliphatic heterocycles. The lowest BCUT2D eigenvalue weighted by Crippen LogP contribution is -2.49. The summed E-state index contributed by atoms with van der Waals surface area (Å²) < 4.78 is 10.6. The van der Waals surface area contributed by atoms with Crippen LogP contribution in [0.2, 0.25) is 0 Å². The van der Waals surface area contributed by atoms with Crippen LogP contribution in [0.5, 0.6) is 0 Å². The van der Waals surface area contributed by atoms with E-state index in [4.69, 9.17) is 9.15 Å². The van der Waals surface area contributed by atoms with E-state index in [-0.39, 0.29) is 12.1 Å². The van der Waals surface area contributed by atoms with Crippen molar-refractivity contribution in [1.29, 1.82) is 0 Å². The maximum absolute atomic E-state index is 11.6. The van der Waals surface area contributed by atoms with E-state index in [1.54, 1.807) is 18.1 Å². The molecular weight excluding hydrogens is 358 g/mol. The first kappa shape index (κ1) is 19.7. The van der Waals surface area contributed by atoms with Crippen molar-refractivity contribution in [2.75, 3.05) is 27.2 Å². The molecule has 28 heavy (non-hydrogen) atoms. The monoisotopic (exact) mass is 385 g/mol. The summed E-state index contributed by atoms with van der Waals surface area (Å²) in [5, 5.41) is 6.62. The lowest BCUT2D eigenvalue weighted by Gasteiger charge is -2.32. The highest BCUT2D eigenvalue weighted by Crippen LogP contribution is 2.20. The van der Waals surface area contributed by atoms with E-state index in [0.29, 0.717) is 31.5 Å². The van der Waals surface area contributed by atoms with Crippen molar-refractivity contribution in [2.24, 2.45) is 4.99 Å². The fourth-order valence-electron chi connectivity index (χ4n) is 3.13. The summed E-state index contributed by atoms with van der Waals surface area (Å²) in [6.07, 6.45) is 3.15. The summed E-state index contributed by atoms with van der Waals surface area (Å²) in [5.41, 5.74) is 2.21. The molecule has 0 bridgehead atoms. The molecule has 8 heteroatoms. The van der Waals surface area contributed by atoms with Gasteiger partial charge in [-0.2, -0.15) is 0 Å².